The molecular weight excluding hydrogens is 368 g/mol. The maximum atomic E-state index is 11.9. The average molecular weight is 391 g/mol. The average Bonchev–Trinajstić information content (AvgIpc) is 2.66. The Kier molecular flexibility index (Phi) is 7.90. The van der Waals surface area contributed by atoms with Gasteiger partial charge in [0.05, 0.1) is 0 Å². The summed E-state index contributed by atoms with van der Waals surface area (Å²) in [5, 5.41) is 3.89. The SMILES string of the molecule is CSc1ccc(CNC(=O)CCNS(=O)(=O)/C=C/c2ccccc2)cc1. The van der Waals surface area contributed by atoms with Crippen molar-refractivity contribution in [3.8, 4) is 0 Å². The van der Waals surface area contributed by atoms with E-state index in [0.29, 0.717) is 6.54 Å². The van der Waals surface area contributed by atoms with Crippen molar-refractivity contribution >= 4 is 33.8 Å². The molecule has 1 amide bonds. The van der Waals surface area contributed by atoms with Gasteiger partial charge in [0.25, 0.3) is 0 Å². The van der Waals surface area contributed by atoms with Gasteiger partial charge in [-0.2, -0.15) is 0 Å². The van der Waals surface area contributed by atoms with Gasteiger partial charge in [-0.3, -0.25) is 4.79 Å². The number of thioether (sulfide) groups is 1. The fourth-order valence-corrected chi connectivity index (χ4v) is 3.35. The molecule has 0 saturated carbocycles. The number of carbonyl (C=O) groups excluding carboxylic acids is 1. The summed E-state index contributed by atoms with van der Waals surface area (Å²) in [5.41, 5.74) is 1.80. The molecule has 0 radical (unpaired) electrons. The number of amides is 1. The predicted molar refractivity (Wildman–Crippen MR) is 107 cm³/mol. The molecule has 7 heteroatoms. The molecule has 2 rings (SSSR count). The lowest BCUT2D eigenvalue weighted by Gasteiger charge is -2.06. The lowest BCUT2D eigenvalue weighted by Crippen LogP contribution is -2.29. The highest BCUT2D eigenvalue weighted by Gasteiger charge is 2.07. The normalized spacial score (nSPS) is 11.6. The summed E-state index contributed by atoms with van der Waals surface area (Å²) in [5.74, 6) is -0.200. The van der Waals surface area contributed by atoms with E-state index < -0.39 is 10.0 Å². The topological polar surface area (TPSA) is 75.3 Å². The van der Waals surface area contributed by atoms with Crippen LogP contribution in [0.2, 0.25) is 0 Å². The molecule has 0 unspecified atom stereocenters. The first-order valence-electron chi connectivity index (χ1n) is 8.11. The number of hydrogen-bond acceptors (Lipinski definition) is 4. The third kappa shape index (κ3) is 7.43. The zero-order valence-electron chi connectivity index (χ0n) is 14.5. The van der Waals surface area contributed by atoms with Crippen LogP contribution < -0.4 is 10.0 Å². The summed E-state index contributed by atoms with van der Waals surface area (Å²) in [6.07, 6.45) is 3.61. The smallest absolute Gasteiger partial charge is 0.233 e. The lowest BCUT2D eigenvalue weighted by atomic mass is 10.2. The first-order valence-corrected chi connectivity index (χ1v) is 10.9. The molecule has 26 heavy (non-hydrogen) atoms. The van der Waals surface area contributed by atoms with Gasteiger partial charge in [-0.1, -0.05) is 42.5 Å². The van der Waals surface area contributed by atoms with E-state index in [1.807, 2.05) is 60.9 Å². The standard InChI is InChI=1S/C19H22N2O3S2/c1-25-18-9-7-17(8-10-18)15-20-19(22)11-13-21-26(23,24)14-12-16-5-3-2-4-6-16/h2-10,12,14,21H,11,13,15H2,1H3,(H,20,22)/b14-12+. The Bertz CT molecular complexity index is 833. The maximum absolute atomic E-state index is 11.9. The highest BCUT2D eigenvalue weighted by atomic mass is 32.2. The van der Waals surface area contributed by atoms with Crippen molar-refractivity contribution in [3.05, 3.63) is 71.1 Å². The van der Waals surface area contributed by atoms with Crippen molar-refractivity contribution in [2.45, 2.75) is 17.9 Å². The number of sulfonamides is 1. The molecule has 0 aliphatic carbocycles. The van der Waals surface area contributed by atoms with E-state index in [4.69, 9.17) is 0 Å². The van der Waals surface area contributed by atoms with Crippen LogP contribution in [0.4, 0.5) is 0 Å². The van der Waals surface area contributed by atoms with Gasteiger partial charge in [0.2, 0.25) is 15.9 Å². The van der Waals surface area contributed by atoms with E-state index in [-0.39, 0.29) is 18.9 Å². The van der Waals surface area contributed by atoms with Gasteiger partial charge in [-0.25, -0.2) is 13.1 Å². The van der Waals surface area contributed by atoms with E-state index in [9.17, 15) is 13.2 Å². The summed E-state index contributed by atoms with van der Waals surface area (Å²) in [7, 11) is -3.56. The zero-order chi connectivity index (χ0) is 18.8. The van der Waals surface area contributed by atoms with Crippen LogP contribution >= 0.6 is 11.8 Å². The highest BCUT2D eigenvalue weighted by molar-refractivity contribution is 7.98. The predicted octanol–water partition coefficient (Wildman–Crippen LogP) is 3.01. The summed E-state index contributed by atoms with van der Waals surface area (Å²) in [4.78, 5) is 13.0. The third-order valence-corrected chi connectivity index (χ3v) is 5.39. The molecule has 0 heterocycles. The van der Waals surface area contributed by atoms with Crippen molar-refractivity contribution in [1.82, 2.24) is 10.0 Å². The van der Waals surface area contributed by atoms with Gasteiger partial charge in [-0.05, 0) is 35.6 Å². The number of rotatable bonds is 9. The minimum absolute atomic E-state index is 0.0543. The van der Waals surface area contributed by atoms with Gasteiger partial charge < -0.3 is 5.32 Å². The number of carbonyl (C=O) groups is 1. The quantitative estimate of drug-likeness (QED) is 0.646. The Morgan fingerprint density at radius 2 is 1.77 bits per heavy atom. The molecule has 2 aromatic rings. The lowest BCUT2D eigenvalue weighted by molar-refractivity contribution is -0.121. The zero-order valence-corrected chi connectivity index (χ0v) is 16.1. The van der Waals surface area contributed by atoms with Gasteiger partial charge in [0, 0.05) is 29.8 Å². The van der Waals surface area contributed by atoms with E-state index in [2.05, 4.69) is 10.0 Å². The van der Waals surface area contributed by atoms with E-state index in [0.717, 1.165) is 21.4 Å². The van der Waals surface area contributed by atoms with Crippen LogP contribution in [0.15, 0.2) is 64.9 Å². The molecule has 2 N–H and O–H groups in total. The maximum Gasteiger partial charge on any atom is 0.233 e. The molecule has 0 aromatic heterocycles. The second kappa shape index (κ2) is 10.2. The Labute approximate surface area is 158 Å². The second-order valence-corrected chi connectivity index (χ2v) is 8.06. The van der Waals surface area contributed by atoms with Gasteiger partial charge in [0.1, 0.15) is 0 Å². The van der Waals surface area contributed by atoms with Crippen molar-refractivity contribution in [3.63, 3.8) is 0 Å². The largest absolute Gasteiger partial charge is 0.352 e. The van der Waals surface area contributed by atoms with E-state index >= 15 is 0 Å². The van der Waals surface area contributed by atoms with Crippen LogP contribution in [0.1, 0.15) is 17.5 Å². The molecule has 0 saturated heterocycles. The fourth-order valence-electron chi connectivity index (χ4n) is 2.12. The monoisotopic (exact) mass is 390 g/mol. The van der Waals surface area contributed by atoms with Crippen molar-refractivity contribution < 1.29 is 13.2 Å². The molecule has 0 atom stereocenters. The Morgan fingerprint density at radius 1 is 1.08 bits per heavy atom. The Balaban J connectivity index is 1.72. The molecule has 2 aromatic carbocycles. The number of hydrogen-bond donors (Lipinski definition) is 2. The number of benzene rings is 2. The van der Waals surface area contributed by atoms with E-state index in [1.165, 1.54) is 6.08 Å². The molecule has 0 fully saturated rings. The molecule has 138 valence electrons. The first-order chi connectivity index (χ1) is 12.5. The summed E-state index contributed by atoms with van der Waals surface area (Å²) >= 11 is 1.66. The van der Waals surface area contributed by atoms with Crippen LogP contribution in [0.5, 0.6) is 0 Å². The number of nitrogens with one attached hydrogen (secondary N) is 2. The third-order valence-electron chi connectivity index (χ3n) is 3.54. The van der Waals surface area contributed by atoms with E-state index in [1.54, 1.807) is 11.8 Å². The molecular formula is C19H22N2O3S2. The van der Waals surface area contributed by atoms with Crippen molar-refractivity contribution in [2.24, 2.45) is 0 Å². The van der Waals surface area contributed by atoms with Gasteiger partial charge in [-0.15, -0.1) is 11.8 Å². The summed E-state index contributed by atoms with van der Waals surface area (Å²) in [6, 6.07) is 17.1. The minimum atomic E-state index is -3.56. The van der Waals surface area contributed by atoms with Crippen LogP contribution in [-0.2, 0) is 21.4 Å². The highest BCUT2D eigenvalue weighted by Crippen LogP contribution is 2.14. The molecule has 0 aliphatic rings. The molecule has 0 bridgehead atoms. The van der Waals surface area contributed by atoms with Crippen LogP contribution in [0.3, 0.4) is 0 Å². The van der Waals surface area contributed by atoms with Crippen LogP contribution in [-0.4, -0.2) is 27.1 Å². The van der Waals surface area contributed by atoms with Crippen molar-refractivity contribution in [1.29, 1.82) is 0 Å². The Hall–Kier alpha value is -2.09. The Morgan fingerprint density at radius 3 is 2.42 bits per heavy atom. The molecule has 0 spiro atoms. The van der Waals surface area contributed by atoms with Crippen LogP contribution in [0, 0.1) is 0 Å². The molecule has 5 nitrogen and oxygen atoms in total. The van der Waals surface area contributed by atoms with Gasteiger partial charge in [0.15, 0.2) is 0 Å². The van der Waals surface area contributed by atoms with Crippen molar-refractivity contribution in [2.75, 3.05) is 12.8 Å². The summed E-state index contributed by atoms with van der Waals surface area (Å²) in [6.45, 7) is 0.479. The van der Waals surface area contributed by atoms with Crippen LogP contribution in [0.25, 0.3) is 6.08 Å². The molecule has 0 aliphatic heterocycles. The summed E-state index contributed by atoms with van der Waals surface area (Å²) < 4.78 is 26.2. The van der Waals surface area contributed by atoms with Gasteiger partial charge >= 0.3 is 0 Å². The fraction of sp³-hybridized carbons (Fsp3) is 0.211. The first kappa shape index (κ1) is 20.2. The minimum Gasteiger partial charge on any atom is -0.352 e. The second-order valence-electron chi connectivity index (χ2n) is 5.53.